The van der Waals surface area contributed by atoms with E-state index in [9.17, 15) is 4.39 Å². The maximum absolute atomic E-state index is 13.0. The first-order valence-electron chi connectivity index (χ1n) is 5.81. The lowest BCUT2D eigenvalue weighted by Crippen LogP contribution is -2.13. The number of rotatable bonds is 5. The fraction of sp³-hybridized carbons (Fsp3) is 0.308. The predicted molar refractivity (Wildman–Crippen MR) is 76.6 cm³/mol. The smallest absolute Gasteiger partial charge is 0.227 e. The van der Waals surface area contributed by atoms with Crippen LogP contribution in [0.15, 0.2) is 28.9 Å². The largest absolute Gasteiger partial charge is 0.444 e. The van der Waals surface area contributed by atoms with E-state index in [1.807, 2.05) is 0 Å². The van der Waals surface area contributed by atoms with Crippen LogP contribution in [0.25, 0.3) is 11.5 Å². The van der Waals surface area contributed by atoms with Crippen molar-refractivity contribution in [2.24, 2.45) is 0 Å². The van der Waals surface area contributed by atoms with Crippen molar-refractivity contribution < 1.29 is 8.81 Å². The highest BCUT2D eigenvalue weighted by molar-refractivity contribution is 14.1. The molecule has 1 heterocycles. The molecule has 0 atom stereocenters. The molecular weight excluding hydrogens is 346 g/mol. The Morgan fingerprint density at radius 3 is 3.00 bits per heavy atom. The summed E-state index contributed by atoms with van der Waals surface area (Å²) in [5.74, 6) is 0.284. The van der Waals surface area contributed by atoms with Gasteiger partial charge in [0.05, 0.1) is 11.3 Å². The average molecular weight is 360 g/mol. The molecule has 1 aromatic heterocycles. The van der Waals surface area contributed by atoms with Gasteiger partial charge >= 0.3 is 0 Å². The fourth-order valence-corrected chi connectivity index (χ4v) is 2.28. The van der Waals surface area contributed by atoms with Gasteiger partial charge in [-0.3, -0.25) is 0 Å². The van der Waals surface area contributed by atoms with Gasteiger partial charge < -0.3 is 9.73 Å². The van der Waals surface area contributed by atoms with Crippen LogP contribution in [0, 0.1) is 9.39 Å². The van der Waals surface area contributed by atoms with Crippen molar-refractivity contribution in [3.05, 3.63) is 39.5 Å². The van der Waals surface area contributed by atoms with Gasteiger partial charge in [-0.15, -0.1) is 0 Å². The van der Waals surface area contributed by atoms with Gasteiger partial charge in [-0.2, -0.15) is 0 Å². The molecule has 0 radical (unpaired) electrons. The minimum atomic E-state index is -0.250. The summed E-state index contributed by atoms with van der Waals surface area (Å²) < 4.78 is 19.2. The molecule has 2 rings (SSSR count). The average Bonchev–Trinajstić information content (AvgIpc) is 2.78. The van der Waals surface area contributed by atoms with Crippen LogP contribution in [-0.2, 0) is 6.54 Å². The quantitative estimate of drug-likeness (QED) is 0.654. The Kier molecular flexibility index (Phi) is 4.71. The van der Waals surface area contributed by atoms with Crippen LogP contribution in [0.3, 0.4) is 0 Å². The van der Waals surface area contributed by atoms with Gasteiger partial charge in [0.1, 0.15) is 12.1 Å². The Labute approximate surface area is 119 Å². The Balaban J connectivity index is 2.13. The molecular formula is C13H14FIN2O. The highest BCUT2D eigenvalue weighted by Crippen LogP contribution is 2.25. The van der Waals surface area contributed by atoms with Gasteiger partial charge in [-0.05, 0) is 53.8 Å². The number of nitrogens with one attached hydrogen (secondary N) is 1. The number of oxazole rings is 1. The molecule has 0 aliphatic rings. The maximum atomic E-state index is 13.0. The van der Waals surface area contributed by atoms with Crippen LogP contribution in [0.1, 0.15) is 19.0 Å². The summed E-state index contributed by atoms with van der Waals surface area (Å²) in [5, 5.41) is 3.26. The van der Waals surface area contributed by atoms with E-state index in [0.717, 1.165) is 27.8 Å². The number of benzene rings is 1. The molecule has 0 spiro atoms. The number of hydrogen-bond donors (Lipinski definition) is 1. The zero-order chi connectivity index (χ0) is 13.0. The molecule has 0 fully saturated rings. The summed E-state index contributed by atoms with van der Waals surface area (Å²) in [6.45, 7) is 3.76. The van der Waals surface area contributed by atoms with Crippen molar-refractivity contribution in [3.8, 4) is 11.5 Å². The third-order valence-electron chi connectivity index (χ3n) is 2.45. The fourth-order valence-electron chi connectivity index (χ4n) is 1.57. The predicted octanol–water partition coefficient (Wildman–Crippen LogP) is 3.58. The summed E-state index contributed by atoms with van der Waals surface area (Å²) in [5.41, 5.74) is 1.68. The molecule has 3 nitrogen and oxygen atoms in total. The van der Waals surface area contributed by atoms with Gasteiger partial charge in [-0.25, -0.2) is 9.37 Å². The van der Waals surface area contributed by atoms with Gasteiger partial charge in [0.15, 0.2) is 0 Å². The second-order valence-electron chi connectivity index (χ2n) is 3.94. The first-order chi connectivity index (χ1) is 8.70. The van der Waals surface area contributed by atoms with Gasteiger partial charge in [0, 0.05) is 10.1 Å². The molecule has 18 heavy (non-hydrogen) atoms. The van der Waals surface area contributed by atoms with E-state index in [0.29, 0.717) is 12.4 Å². The SMILES string of the molecule is CCCNCc1coc(-c2ccc(F)cc2I)n1. The molecule has 5 heteroatoms. The minimum Gasteiger partial charge on any atom is -0.444 e. The van der Waals surface area contributed by atoms with Crippen molar-refractivity contribution in [3.63, 3.8) is 0 Å². The topological polar surface area (TPSA) is 38.1 Å². The summed E-state index contributed by atoms with van der Waals surface area (Å²) >= 11 is 2.08. The van der Waals surface area contributed by atoms with Crippen LogP contribution in [0.5, 0.6) is 0 Å². The molecule has 0 bridgehead atoms. The van der Waals surface area contributed by atoms with Crippen LogP contribution in [0.2, 0.25) is 0 Å². The van der Waals surface area contributed by atoms with Crippen molar-refractivity contribution >= 4 is 22.6 Å². The molecule has 0 aliphatic carbocycles. The summed E-state index contributed by atoms with van der Waals surface area (Å²) in [7, 11) is 0. The summed E-state index contributed by atoms with van der Waals surface area (Å²) in [4.78, 5) is 4.39. The Bertz CT molecular complexity index is 527. The van der Waals surface area contributed by atoms with Gasteiger partial charge in [0.2, 0.25) is 5.89 Å². The lowest BCUT2D eigenvalue weighted by molar-refractivity contribution is 0.569. The molecule has 0 amide bonds. The molecule has 0 aliphatic heterocycles. The monoisotopic (exact) mass is 360 g/mol. The van der Waals surface area contributed by atoms with E-state index >= 15 is 0 Å². The van der Waals surface area contributed by atoms with Crippen molar-refractivity contribution in [2.75, 3.05) is 6.54 Å². The van der Waals surface area contributed by atoms with Crippen molar-refractivity contribution in [2.45, 2.75) is 19.9 Å². The standard InChI is InChI=1S/C13H14FIN2O/c1-2-5-16-7-10-8-18-13(17-10)11-4-3-9(14)6-12(11)15/h3-4,6,8,16H,2,5,7H2,1H3. The zero-order valence-corrected chi connectivity index (χ0v) is 12.2. The third kappa shape index (κ3) is 3.29. The molecule has 1 N–H and O–H groups in total. The lowest BCUT2D eigenvalue weighted by Gasteiger charge is -1.99. The van der Waals surface area contributed by atoms with Gasteiger partial charge in [0.25, 0.3) is 0 Å². The number of aromatic nitrogens is 1. The number of hydrogen-bond acceptors (Lipinski definition) is 3. The highest BCUT2D eigenvalue weighted by Gasteiger charge is 2.10. The first kappa shape index (κ1) is 13.5. The maximum Gasteiger partial charge on any atom is 0.227 e. The van der Waals surface area contributed by atoms with Crippen molar-refractivity contribution in [1.29, 1.82) is 0 Å². The highest BCUT2D eigenvalue weighted by atomic mass is 127. The number of halogens is 2. The van der Waals surface area contributed by atoms with E-state index in [1.54, 1.807) is 12.3 Å². The normalized spacial score (nSPS) is 10.8. The van der Waals surface area contributed by atoms with Crippen LogP contribution in [-0.4, -0.2) is 11.5 Å². The van der Waals surface area contributed by atoms with Crippen LogP contribution < -0.4 is 5.32 Å². The van der Waals surface area contributed by atoms with E-state index in [1.165, 1.54) is 12.1 Å². The molecule has 96 valence electrons. The van der Waals surface area contributed by atoms with Crippen LogP contribution in [0.4, 0.5) is 4.39 Å². The van der Waals surface area contributed by atoms with E-state index in [-0.39, 0.29) is 5.82 Å². The Hall–Kier alpha value is -0.950. The molecule has 2 aromatic rings. The zero-order valence-electron chi connectivity index (χ0n) is 10.0. The summed E-state index contributed by atoms with van der Waals surface area (Å²) in [6.07, 6.45) is 2.72. The minimum absolute atomic E-state index is 0.250. The first-order valence-corrected chi connectivity index (χ1v) is 6.89. The molecule has 1 aromatic carbocycles. The Morgan fingerprint density at radius 1 is 1.44 bits per heavy atom. The molecule has 0 unspecified atom stereocenters. The second-order valence-corrected chi connectivity index (χ2v) is 5.11. The van der Waals surface area contributed by atoms with Crippen LogP contribution >= 0.6 is 22.6 Å². The molecule has 0 saturated carbocycles. The third-order valence-corrected chi connectivity index (χ3v) is 3.34. The van der Waals surface area contributed by atoms with Gasteiger partial charge in [-0.1, -0.05) is 6.92 Å². The van der Waals surface area contributed by atoms with Crippen molar-refractivity contribution in [1.82, 2.24) is 10.3 Å². The summed E-state index contributed by atoms with van der Waals surface area (Å²) in [6, 6.07) is 4.57. The van der Waals surface area contributed by atoms with E-state index in [4.69, 9.17) is 4.42 Å². The van der Waals surface area contributed by atoms with E-state index < -0.39 is 0 Å². The number of nitrogens with zero attached hydrogens (tertiary/aromatic N) is 1. The van der Waals surface area contributed by atoms with E-state index in [2.05, 4.69) is 39.8 Å². The second kappa shape index (κ2) is 6.29. The molecule has 0 saturated heterocycles. The lowest BCUT2D eigenvalue weighted by atomic mass is 10.2. The Morgan fingerprint density at radius 2 is 2.28 bits per heavy atom.